The van der Waals surface area contributed by atoms with Gasteiger partial charge in [-0.2, -0.15) is 0 Å². The first-order valence-corrected chi connectivity index (χ1v) is 6.58. The third-order valence-corrected chi connectivity index (χ3v) is 2.72. The quantitative estimate of drug-likeness (QED) is 0.597. The van der Waals surface area contributed by atoms with Crippen LogP contribution in [-0.4, -0.2) is 54.0 Å². The molecule has 1 aromatic rings. The molecular weight excluding hydrogens is 300 g/mol. The number of likely N-dealkylation sites (N-methyl/N-ethyl adjacent to an activating group) is 1. The highest BCUT2D eigenvalue weighted by atomic mass is 35.5. The average Bonchev–Trinajstić information content (AvgIpc) is 2.39. The first kappa shape index (κ1) is 17.1. The monoisotopic (exact) mass is 316 g/mol. The van der Waals surface area contributed by atoms with E-state index in [4.69, 9.17) is 16.3 Å². The van der Waals surface area contributed by atoms with Gasteiger partial charge in [0.1, 0.15) is 0 Å². The molecule has 21 heavy (non-hydrogen) atoms. The molecule has 1 aromatic heterocycles. The molecule has 116 valence electrons. The first-order valence-electron chi connectivity index (χ1n) is 6.20. The van der Waals surface area contributed by atoms with E-state index < -0.39 is 11.0 Å². The SMILES string of the molecule is CC(Oc1ncc(Cl)cc1[N+](=O)[O-])C(=O)NCCN(C)C. The van der Waals surface area contributed by atoms with Crippen molar-refractivity contribution >= 4 is 23.2 Å². The van der Waals surface area contributed by atoms with Crippen molar-refractivity contribution in [3.8, 4) is 5.88 Å². The molecule has 1 amide bonds. The molecule has 1 rings (SSSR count). The number of rotatable bonds is 7. The van der Waals surface area contributed by atoms with Crippen molar-refractivity contribution < 1.29 is 14.5 Å². The van der Waals surface area contributed by atoms with Gasteiger partial charge in [0.05, 0.1) is 16.1 Å². The second kappa shape index (κ2) is 7.75. The standard InChI is InChI=1S/C12H17ClN4O4/c1-8(11(18)14-4-5-16(2)3)21-12-10(17(19)20)6-9(13)7-15-12/h6-8H,4-5H2,1-3H3,(H,14,18). The number of carbonyl (C=O) groups is 1. The van der Waals surface area contributed by atoms with Gasteiger partial charge in [-0.3, -0.25) is 14.9 Å². The average molecular weight is 317 g/mol. The molecule has 0 fully saturated rings. The fraction of sp³-hybridized carbons (Fsp3) is 0.500. The molecule has 1 atom stereocenters. The lowest BCUT2D eigenvalue weighted by atomic mass is 10.3. The van der Waals surface area contributed by atoms with E-state index in [1.165, 1.54) is 13.1 Å². The zero-order valence-electron chi connectivity index (χ0n) is 12.0. The molecule has 8 nitrogen and oxygen atoms in total. The number of pyridine rings is 1. The van der Waals surface area contributed by atoms with Gasteiger partial charge < -0.3 is 15.0 Å². The van der Waals surface area contributed by atoms with Crippen LogP contribution in [0.4, 0.5) is 5.69 Å². The lowest BCUT2D eigenvalue weighted by molar-refractivity contribution is -0.386. The molecular formula is C12H17ClN4O4. The summed E-state index contributed by atoms with van der Waals surface area (Å²) in [4.78, 5) is 27.7. The van der Waals surface area contributed by atoms with Gasteiger partial charge in [0.25, 0.3) is 11.8 Å². The molecule has 0 aliphatic rings. The van der Waals surface area contributed by atoms with E-state index in [1.54, 1.807) is 0 Å². The van der Waals surface area contributed by atoms with Gasteiger partial charge in [-0.1, -0.05) is 11.6 Å². The van der Waals surface area contributed by atoms with E-state index in [0.29, 0.717) is 13.1 Å². The highest BCUT2D eigenvalue weighted by molar-refractivity contribution is 6.30. The summed E-state index contributed by atoms with van der Waals surface area (Å²) >= 11 is 5.65. The van der Waals surface area contributed by atoms with Crippen LogP contribution in [0.5, 0.6) is 5.88 Å². The molecule has 0 aromatic carbocycles. The summed E-state index contributed by atoms with van der Waals surface area (Å²) in [7, 11) is 3.76. The van der Waals surface area contributed by atoms with Crippen LogP contribution < -0.4 is 10.1 Å². The minimum absolute atomic E-state index is 0.122. The minimum Gasteiger partial charge on any atom is -0.460 e. The van der Waals surface area contributed by atoms with Crippen LogP contribution in [0.3, 0.4) is 0 Å². The van der Waals surface area contributed by atoms with Gasteiger partial charge >= 0.3 is 5.69 Å². The molecule has 0 radical (unpaired) electrons. The maximum absolute atomic E-state index is 11.8. The Hall–Kier alpha value is -1.93. The van der Waals surface area contributed by atoms with Crippen LogP contribution in [0.2, 0.25) is 5.02 Å². The first-order chi connectivity index (χ1) is 9.81. The van der Waals surface area contributed by atoms with Crippen molar-refractivity contribution in [3.05, 3.63) is 27.4 Å². The zero-order chi connectivity index (χ0) is 16.0. The molecule has 0 saturated carbocycles. The van der Waals surface area contributed by atoms with Gasteiger partial charge in [-0.15, -0.1) is 0 Å². The van der Waals surface area contributed by atoms with Gasteiger partial charge in [0.2, 0.25) is 0 Å². The summed E-state index contributed by atoms with van der Waals surface area (Å²) < 4.78 is 5.24. The second-order valence-corrected chi connectivity index (χ2v) is 5.03. The smallest absolute Gasteiger partial charge is 0.332 e. The molecule has 0 spiro atoms. The molecule has 0 bridgehead atoms. The molecule has 0 saturated heterocycles. The van der Waals surface area contributed by atoms with E-state index in [9.17, 15) is 14.9 Å². The molecule has 0 aliphatic heterocycles. The highest BCUT2D eigenvalue weighted by Crippen LogP contribution is 2.27. The lowest BCUT2D eigenvalue weighted by Gasteiger charge is -2.15. The molecule has 1 N–H and O–H groups in total. The Morgan fingerprint density at radius 2 is 2.29 bits per heavy atom. The molecule has 0 aliphatic carbocycles. The summed E-state index contributed by atoms with van der Waals surface area (Å²) in [5.74, 6) is -0.609. The van der Waals surface area contributed by atoms with Crippen molar-refractivity contribution in [2.24, 2.45) is 0 Å². The van der Waals surface area contributed by atoms with E-state index in [2.05, 4.69) is 10.3 Å². The number of nitrogens with one attached hydrogen (secondary N) is 1. The number of hydrogen-bond donors (Lipinski definition) is 1. The van der Waals surface area contributed by atoms with E-state index in [0.717, 1.165) is 6.07 Å². The maximum atomic E-state index is 11.8. The third kappa shape index (κ3) is 5.52. The fourth-order valence-corrected chi connectivity index (χ4v) is 1.56. The van der Waals surface area contributed by atoms with Crippen LogP contribution in [0.25, 0.3) is 0 Å². The summed E-state index contributed by atoms with van der Waals surface area (Å²) in [5, 5.41) is 13.7. The summed E-state index contributed by atoms with van der Waals surface area (Å²) in [6, 6.07) is 1.13. The van der Waals surface area contributed by atoms with E-state index in [-0.39, 0.29) is 22.5 Å². The van der Waals surface area contributed by atoms with Crippen molar-refractivity contribution in [3.63, 3.8) is 0 Å². The Morgan fingerprint density at radius 3 is 2.86 bits per heavy atom. The number of aromatic nitrogens is 1. The Labute approximate surface area is 127 Å². The predicted molar refractivity (Wildman–Crippen MR) is 77.6 cm³/mol. The van der Waals surface area contributed by atoms with Crippen molar-refractivity contribution in [2.75, 3.05) is 27.2 Å². The van der Waals surface area contributed by atoms with Gasteiger partial charge in [0.15, 0.2) is 6.10 Å². The number of carbonyl (C=O) groups excluding carboxylic acids is 1. The Kier molecular flexibility index (Phi) is 6.32. The summed E-state index contributed by atoms with van der Waals surface area (Å²) in [6.07, 6.45) is 0.320. The van der Waals surface area contributed by atoms with Crippen LogP contribution >= 0.6 is 11.6 Å². The fourth-order valence-electron chi connectivity index (χ4n) is 1.41. The molecule has 9 heteroatoms. The van der Waals surface area contributed by atoms with Crippen LogP contribution in [0.15, 0.2) is 12.3 Å². The van der Waals surface area contributed by atoms with Crippen molar-refractivity contribution in [2.45, 2.75) is 13.0 Å². The van der Waals surface area contributed by atoms with Gasteiger partial charge in [-0.25, -0.2) is 4.98 Å². The van der Waals surface area contributed by atoms with Crippen LogP contribution in [0, 0.1) is 10.1 Å². The number of amides is 1. The van der Waals surface area contributed by atoms with Crippen LogP contribution in [-0.2, 0) is 4.79 Å². The van der Waals surface area contributed by atoms with Crippen molar-refractivity contribution in [1.29, 1.82) is 0 Å². The van der Waals surface area contributed by atoms with E-state index >= 15 is 0 Å². The predicted octanol–water partition coefficient (Wildman–Crippen LogP) is 1.09. The number of ether oxygens (including phenoxy) is 1. The number of halogens is 1. The van der Waals surface area contributed by atoms with E-state index in [1.807, 2.05) is 19.0 Å². The summed E-state index contributed by atoms with van der Waals surface area (Å²) in [6.45, 7) is 2.62. The number of nitro groups is 1. The second-order valence-electron chi connectivity index (χ2n) is 4.59. The highest BCUT2D eigenvalue weighted by Gasteiger charge is 2.22. The van der Waals surface area contributed by atoms with Crippen molar-refractivity contribution in [1.82, 2.24) is 15.2 Å². The lowest BCUT2D eigenvalue weighted by Crippen LogP contribution is -2.39. The zero-order valence-corrected chi connectivity index (χ0v) is 12.8. The Bertz CT molecular complexity index is 524. The Morgan fingerprint density at radius 1 is 1.62 bits per heavy atom. The molecule has 1 heterocycles. The van der Waals surface area contributed by atoms with Gasteiger partial charge in [-0.05, 0) is 21.0 Å². The Balaban J connectivity index is 2.68. The summed E-state index contributed by atoms with van der Waals surface area (Å²) in [5.41, 5.74) is -0.379. The normalized spacial score (nSPS) is 12.0. The minimum atomic E-state index is -0.903. The van der Waals surface area contributed by atoms with Gasteiger partial charge in [0, 0.05) is 19.2 Å². The topological polar surface area (TPSA) is 97.6 Å². The number of nitrogens with zero attached hydrogens (tertiary/aromatic N) is 3. The molecule has 1 unspecified atom stereocenters. The number of hydrogen-bond acceptors (Lipinski definition) is 6. The third-order valence-electron chi connectivity index (χ3n) is 2.51. The maximum Gasteiger partial charge on any atom is 0.332 e. The van der Waals surface area contributed by atoms with Crippen LogP contribution in [0.1, 0.15) is 6.92 Å². The largest absolute Gasteiger partial charge is 0.460 e.